The summed E-state index contributed by atoms with van der Waals surface area (Å²) in [7, 11) is 0. The number of anilines is 1. The number of nitrogens with one attached hydrogen (secondary N) is 2. The van der Waals surface area contributed by atoms with Crippen molar-refractivity contribution in [1.29, 1.82) is 0 Å². The number of H-pyrrole nitrogens is 1. The average Bonchev–Trinajstić information content (AvgIpc) is 3.14. The molecule has 2 aromatic rings. The van der Waals surface area contributed by atoms with Crippen molar-refractivity contribution in [3.8, 4) is 17.0 Å². The van der Waals surface area contributed by atoms with E-state index in [-0.39, 0.29) is 11.7 Å². The maximum absolute atomic E-state index is 14.3. The molecule has 150 valence electrons. The van der Waals surface area contributed by atoms with Crippen LogP contribution < -0.4 is 10.1 Å². The number of aromatic amines is 1. The van der Waals surface area contributed by atoms with E-state index in [1.54, 1.807) is 18.2 Å². The first kappa shape index (κ1) is 18.9. The molecule has 1 aromatic heterocycles. The van der Waals surface area contributed by atoms with Gasteiger partial charge in [-0.05, 0) is 75.9 Å². The second-order valence-electron chi connectivity index (χ2n) is 7.77. The summed E-state index contributed by atoms with van der Waals surface area (Å²) < 4.78 is 19.8. The zero-order valence-corrected chi connectivity index (χ0v) is 16.0. The van der Waals surface area contributed by atoms with E-state index < -0.39 is 5.82 Å². The standard InChI is InChI=1S/C21H27FN4O2/c22-17-12-16(7-8-19(17)28-14-15-5-6-15)18-13-20(25-24-18)23-21(27)4-3-11-26-9-1-2-10-26/h7-8,12-13,15H,1-6,9-11,14H2,(H2,23,24,25,27). The number of rotatable bonds is 9. The van der Waals surface area contributed by atoms with Crippen LogP contribution in [-0.2, 0) is 4.79 Å². The molecule has 2 fully saturated rings. The van der Waals surface area contributed by atoms with Gasteiger partial charge < -0.3 is 15.0 Å². The molecule has 1 aromatic carbocycles. The summed E-state index contributed by atoms with van der Waals surface area (Å²) in [5, 5.41) is 9.81. The predicted molar refractivity (Wildman–Crippen MR) is 106 cm³/mol. The van der Waals surface area contributed by atoms with E-state index in [9.17, 15) is 9.18 Å². The molecule has 1 aliphatic heterocycles. The third-order valence-electron chi connectivity index (χ3n) is 5.33. The highest BCUT2D eigenvalue weighted by atomic mass is 19.1. The number of nitrogens with zero attached hydrogens (tertiary/aromatic N) is 2. The Hall–Kier alpha value is -2.41. The first-order chi connectivity index (χ1) is 13.7. The van der Waals surface area contributed by atoms with Crippen LogP contribution in [0.2, 0.25) is 0 Å². The van der Waals surface area contributed by atoms with E-state index in [1.807, 2.05) is 0 Å². The van der Waals surface area contributed by atoms with Crippen molar-refractivity contribution in [2.45, 2.75) is 38.5 Å². The Morgan fingerprint density at radius 2 is 2.11 bits per heavy atom. The van der Waals surface area contributed by atoms with Crippen LogP contribution in [0.15, 0.2) is 24.3 Å². The molecule has 0 bridgehead atoms. The number of ether oxygens (including phenoxy) is 1. The fourth-order valence-electron chi connectivity index (χ4n) is 3.49. The predicted octanol–water partition coefficient (Wildman–Crippen LogP) is 3.82. The van der Waals surface area contributed by atoms with E-state index in [0.29, 0.717) is 36.0 Å². The van der Waals surface area contributed by atoms with Gasteiger partial charge in [-0.15, -0.1) is 0 Å². The number of benzene rings is 1. The number of carbonyl (C=O) groups excluding carboxylic acids is 1. The maximum Gasteiger partial charge on any atom is 0.225 e. The minimum Gasteiger partial charge on any atom is -0.490 e. The van der Waals surface area contributed by atoms with Gasteiger partial charge in [0, 0.05) is 18.1 Å². The lowest BCUT2D eigenvalue weighted by Gasteiger charge is -2.13. The van der Waals surface area contributed by atoms with E-state index in [1.165, 1.54) is 31.7 Å². The van der Waals surface area contributed by atoms with Gasteiger partial charge in [-0.25, -0.2) is 4.39 Å². The van der Waals surface area contributed by atoms with Crippen LogP contribution in [0.4, 0.5) is 10.2 Å². The van der Waals surface area contributed by atoms with Gasteiger partial charge in [0.05, 0.1) is 12.3 Å². The Labute approximate surface area is 164 Å². The van der Waals surface area contributed by atoms with Crippen molar-refractivity contribution in [3.05, 3.63) is 30.1 Å². The number of hydrogen-bond donors (Lipinski definition) is 2. The minimum absolute atomic E-state index is 0.0376. The molecule has 2 aliphatic rings. The van der Waals surface area contributed by atoms with E-state index >= 15 is 0 Å². The van der Waals surface area contributed by atoms with Gasteiger partial charge in [-0.3, -0.25) is 9.89 Å². The van der Waals surface area contributed by atoms with E-state index in [0.717, 1.165) is 26.1 Å². The van der Waals surface area contributed by atoms with Crippen molar-refractivity contribution in [3.63, 3.8) is 0 Å². The van der Waals surface area contributed by atoms with Crippen molar-refractivity contribution >= 4 is 11.7 Å². The van der Waals surface area contributed by atoms with Gasteiger partial charge in [0.25, 0.3) is 0 Å². The molecule has 4 rings (SSSR count). The number of hydrogen-bond acceptors (Lipinski definition) is 4. The SMILES string of the molecule is O=C(CCCN1CCCC1)Nc1cc(-c2ccc(OCC3CC3)c(F)c2)n[nH]1. The molecular formula is C21H27FN4O2. The molecule has 0 radical (unpaired) electrons. The Morgan fingerprint density at radius 1 is 1.29 bits per heavy atom. The molecule has 1 saturated heterocycles. The lowest BCUT2D eigenvalue weighted by atomic mass is 10.1. The van der Waals surface area contributed by atoms with Gasteiger partial charge in [-0.1, -0.05) is 0 Å². The molecule has 1 amide bonds. The molecule has 0 atom stereocenters. The van der Waals surface area contributed by atoms with E-state index in [4.69, 9.17) is 4.74 Å². The number of halogens is 1. The summed E-state index contributed by atoms with van der Waals surface area (Å²) in [6.07, 6.45) is 6.18. The van der Waals surface area contributed by atoms with Crippen LogP contribution in [0.25, 0.3) is 11.3 Å². The second-order valence-corrected chi connectivity index (χ2v) is 7.77. The van der Waals surface area contributed by atoms with Crippen LogP contribution in [0.3, 0.4) is 0 Å². The molecule has 28 heavy (non-hydrogen) atoms. The fraction of sp³-hybridized carbons (Fsp3) is 0.524. The third kappa shape index (κ3) is 5.10. The summed E-state index contributed by atoms with van der Waals surface area (Å²) in [6, 6.07) is 6.55. The molecule has 2 N–H and O–H groups in total. The van der Waals surface area contributed by atoms with Crippen LogP contribution >= 0.6 is 0 Å². The second kappa shape index (κ2) is 8.73. The third-order valence-corrected chi connectivity index (χ3v) is 5.33. The van der Waals surface area contributed by atoms with Crippen molar-refractivity contribution < 1.29 is 13.9 Å². The smallest absolute Gasteiger partial charge is 0.225 e. The number of amides is 1. The van der Waals surface area contributed by atoms with Crippen LogP contribution in [0.1, 0.15) is 38.5 Å². The summed E-state index contributed by atoms with van der Waals surface area (Å²) in [5.41, 5.74) is 1.22. The molecular weight excluding hydrogens is 359 g/mol. The number of likely N-dealkylation sites (tertiary alicyclic amines) is 1. The first-order valence-electron chi connectivity index (χ1n) is 10.2. The monoisotopic (exact) mass is 386 g/mol. The summed E-state index contributed by atoms with van der Waals surface area (Å²) in [5.74, 6) is 0.943. The van der Waals surface area contributed by atoms with Crippen LogP contribution in [0.5, 0.6) is 5.75 Å². The molecule has 0 spiro atoms. The Morgan fingerprint density at radius 3 is 2.86 bits per heavy atom. The van der Waals surface area contributed by atoms with Crippen molar-refractivity contribution in [1.82, 2.24) is 15.1 Å². The highest BCUT2D eigenvalue weighted by Gasteiger charge is 2.22. The highest BCUT2D eigenvalue weighted by molar-refractivity contribution is 5.90. The van der Waals surface area contributed by atoms with Gasteiger partial charge >= 0.3 is 0 Å². The van der Waals surface area contributed by atoms with Crippen LogP contribution in [-0.4, -0.2) is 47.2 Å². The Kier molecular flexibility index (Phi) is 5.90. The maximum atomic E-state index is 14.3. The highest BCUT2D eigenvalue weighted by Crippen LogP contribution is 2.31. The fourth-order valence-corrected chi connectivity index (χ4v) is 3.49. The molecule has 1 aliphatic carbocycles. The normalized spacial score (nSPS) is 17.0. The van der Waals surface area contributed by atoms with Gasteiger partial charge in [0.1, 0.15) is 5.82 Å². The van der Waals surface area contributed by atoms with E-state index in [2.05, 4.69) is 20.4 Å². The Bertz CT molecular complexity index is 812. The minimum atomic E-state index is -0.395. The Balaban J connectivity index is 1.28. The number of carbonyl (C=O) groups is 1. The topological polar surface area (TPSA) is 70.2 Å². The van der Waals surface area contributed by atoms with Gasteiger partial charge in [-0.2, -0.15) is 5.10 Å². The summed E-state index contributed by atoms with van der Waals surface area (Å²) >= 11 is 0. The number of aromatic nitrogens is 2. The first-order valence-corrected chi connectivity index (χ1v) is 10.2. The van der Waals surface area contributed by atoms with Gasteiger partial charge in [0.15, 0.2) is 11.6 Å². The van der Waals surface area contributed by atoms with Crippen molar-refractivity contribution in [2.24, 2.45) is 5.92 Å². The largest absolute Gasteiger partial charge is 0.490 e. The zero-order chi connectivity index (χ0) is 19.3. The lowest BCUT2D eigenvalue weighted by molar-refractivity contribution is -0.116. The quantitative estimate of drug-likeness (QED) is 0.687. The molecule has 7 heteroatoms. The summed E-state index contributed by atoms with van der Waals surface area (Å²) in [4.78, 5) is 14.5. The zero-order valence-electron chi connectivity index (χ0n) is 16.0. The molecule has 2 heterocycles. The van der Waals surface area contributed by atoms with Crippen molar-refractivity contribution in [2.75, 3.05) is 31.6 Å². The average molecular weight is 386 g/mol. The molecule has 1 saturated carbocycles. The molecule has 6 nitrogen and oxygen atoms in total. The van der Waals surface area contributed by atoms with Gasteiger partial charge in [0.2, 0.25) is 5.91 Å². The lowest BCUT2D eigenvalue weighted by Crippen LogP contribution is -2.22. The summed E-state index contributed by atoms with van der Waals surface area (Å²) in [6.45, 7) is 3.84. The van der Waals surface area contributed by atoms with Crippen LogP contribution in [0, 0.1) is 11.7 Å². The molecule has 0 unspecified atom stereocenters.